The highest BCUT2D eigenvalue weighted by atomic mass is 19.1. The minimum atomic E-state index is -2.60. The monoisotopic (exact) mass is 168 g/mol. The Morgan fingerprint density at radius 2 is 2.50 bits per heavy atom. The summed E-state index contributed by atoms with van der Waals surface area (Å²) in [5, 5.41) is 18.5. The van der Waals surface area contributed by atoms with Crippen LogP contribution in [0.2, 0.25) is 0 Å². The smallest absolute Gasteiger partial charge is 0.261 e. The van der Waals surface area contributed by atoms with Crippen molar-refractivity contribution >= 4 is 0 Å². The summed E-state index contributed by atoms with van der Waals surface area (Å²) in [7, 11) is 0. The number of nitro groups is 1. The lowest BCUT2D eigenvalue weighted by Crippen LogP contribution is -2.31. The van der Waals surface area contributed by atoms with E-state index in [1.165, 1.54) is 12.2 Å². The van der Waals surface area contributed by atoms with Gasteiger partial charge in [-0.25, -0.2) is 0 Å². The molecule has 62 valence electrons. The Bertz CT molecular complexity index is 316. The van der Waals surface area contributed by atoms with E-state index in [9.17, 15) is 14.5 Å². The number of halogens is 1. The molecule has 0 saturated heterocycles. The van der Waals surface area contributed by atoms with Crippen molar-refractivity contribution in [3.63, 3.8) is 0 Å². The molecule has 0 spiro atoms. The van der Waals surface area contributed by atoms with Crippen molar-refractivity contribution in [1.82, 2.24) is 0 Å². The Hall–Kier alpha value is -1.70. The van der Waals surface area contributed by atoms with Gasteiger partial charge in [0.1, 0.15) is 0 Å². The first-order valence-corrected chi connectivity index (χ1v) is 3.21. The molecular weight excluding hydrogens is 163 g/mol. The third kappa shape index (κ3) is 1.32. The minimum absolute atomic E-state index is 0.0135. The first-order valence-electron chi connectivity index (χ1n) is 3.21. The molecule has 0 N–H and O–H groups in total. The van der Waals surface area contributed by atoms with Crippen LogP contribution in [0.1, 0.15) is 6.42 Å². The molecule has 1 aliphatic rings. The molecule has 0 bridgehead atoms. The van der Waals surface area contributed by atoms with Crippen molar-refractivity contribution in [3.8, 4) is 6.07 Å². The van der Waals surface area contributed by atoms with Crippen molar-refractivity contribution in [1.29, 1.82) is 5.26 Å². The summed E-state index contributed by atoms with van der Waals surface area (Å²) >= 11 is 0. The summed E-state index contributed by atoms with van der Waals surface area (Å²) < 4.78 is 13.2. The molecular formula is C7H5FN2O2. The first-order chi connectivity index (χ1) is 5.58. The number of hydrogen-bond acceptors (Lipinski definition) is 3. The molecule has 5 heteroatoms. The predicted octanol–water partition coefficient (Wildman–Crippen LogP) is 1.34. The number of nitrogens with zero attached hydrogens (tertiary/aromatic N) is 2. The van der Waals surface area contributed by atoms with Crippen molar-refractivity contribution in [2.45, 2.75) is 12.2 Å². The first kappa shape index (κ1) is 8.40. The summed E-state index contributed by atoms with van der Waals surface area (Å²) in [5.41, 5.74) is -0.0135. The van der Waals surface area contributed by atoms with Crippen LogP contribution in [0.3, 0.4) is 0 Å². The maximum atomic E-state index is 13.2. The highest BCUT2D eigenvalue weighted by molar-refractivity contribution is 5.37. The Labute approximate surface area is 67.8 Å². The molecule has 0 aromatic heterocycles. The van der Waals surface area contributed by atoms with E-state index in [2.05, 4.69) is 0 Å². The number of allylic oxidation sites excluding steroid dienone is 2. The fourth-order valence-electron chi connectivity index (χ4n) is 0.893. The van der Waals surface area contributed by atoms with Crippen LogP contribution >= 0.6 is 0 Å². The van der Waals surface area contributed by atoms with E-state index in [1.807, 2.05) is 0 Å². The summed E-state index contributed by atoms with van der Waals surface area (Å²) in [5.74, 6) is -2.60. The van der Waals surface area contributed by atoms with Crippen molar-refractivity contribution in [3.05, 3.63) is 33.9 Å². The molecule has 0 radical (unpaired) electrons. The Balaban J connectivity index is 3.00. The zero-order valence-electron chi connectivity index (χ0n) is 6.03. The van der Waals surface area contributed by atoms with Gasteiger partial charge in [0.2, 0.25) is 0 Å². The molecule has 4 nitrogen and oxygen atoms in total. The van der Waals surface area contributed by atoms with Crippen LogP contribution in [0.15, 0.2) is 23.8 Å². The molecule has 12 heavy (non-hydrogen) atoms. The Morgan fingerprint density at radius 3 is 3.00 bits per heavy atom. The van der Waals surface area contributed by atoms with Gasteiger partial charge in [0.05, 0.1) is 23.0 Å². The standard InChI is InChI=1S/C7H5FN2O2/c8-7(10(11)12)3-1-2-6(4-7)5-9/h1-2,4H,3H2. The van der Waals surface area contributed by atoms with E-state index in [-0.39, 0.29) is 12.0 Å². The van der Waals surface area contributed by atoms with Crippen molar-refractivity contribution < 1.29 is 9.31 Å². The predicted molar refractivity (Wildman–Crippen MR) is 38.3 cm³/mol. The molecule has 0 aliphatic heterocycles. The van der Waals surface area contributed by atoms with Gasteiger partial charge in [-0.05, 0) is 6.08 Å². The second-order valence-corrected chi connectivity index (χ2v) is 2.39. The average Bonchev–Trinajstić information content (AvgIpc) is 2.04. The molecule has 0 amide bonds. The van der Waals surface area contributed by atoms with E-state index in [1.54, 1.807) is 6.07 Å². The van der Waals surface area contributed by atoms with Gasteiger partial charge in [-0.2, -0.15) is 9.65 Å². The molecule has 1 atom stereocenters. The van der Waals surface area contributed by atoms with Gasteiger partial charge in [-0.15, -0.1) is 0 Å². The third-order valence-corrected chi connectivity index (χ3v) is 1.51. The van der Waals surface area contributed by atoms with Gasteiger partial charge < -0.3 is 0 Å². The maximum absolute atomic E-state index is 13.2. The van der Waals surface area contributed by atoms with Crippen LogP contribution in [0.5, 0.6) is 0 Å². The van der Waals surface area contributed by atoms with E-state index < -0.39 is 10.7 Å². The molecule has 1 aliphatic carbocycles. The Morgan fingerprint density at radius 1 is 1.83 bits per heavy atom. The van der Waals surface area contributed by atoms with Crippen LogP contribution < -0.4 is 0 Å². The highest BCUT2D eigenvalue weighted by Gasteiger charge is 2.41. The molecule has 0 aromatic carbocycles. The van der Waals surface area contributed by atoms with Gasteiger partial charge >= 0.3 is 5.79 Å². The second-order valence-electron chi connectivity index (χ2n) is 2.39. The highest BCUT2D eigenvalue weighted by Crippen LogP contribution is 2.25. The van der Waals surface area contributed by atoms with Crippen LogP contribution in [-0.2, 0) is 0 Å². The maximum Gasteiger partial charge on any atom is 0.383 e. The van der Waals surface area contributed by atoms with E-state index in [4.69, 9.17) is 5.26 Å². The topological polar surface area (TPSA) is 66.9 Å². The minimum Gasteiger partial charge on any atom is -0.261 e. The van der Waals surface area contributed by atoms with Crippen LogP contribution in [-0.4, -0.2) is 10.7 Å². The zero-order valence-corrected chi connectivity index (χ0v) is 6.03. The number of alkyl halides is 1. The zero-order chi connectivity index (χ0) is 9.19. The molecule has 1 rings (SSSR count). The van der Waals surface area contributed by atoms with Crippen molar-refractivity contribution in [2.24, 2.45) is 0 Å². The van der Waals surface area contributed by atoms with Crippen LogP contribution in [0, 0.1) is 21.4 Å². The SMILES string of the molecule is N#CC1=CC(F)([N+](=O)[O-])CC=C1. The summed E-state index contributed by atoms with van der Waals surface area (Å²) in [6.45, 7) is 0. The lowest BCUT2D eigenvalue weighted by Gasteiger charge is -2.13. The van der Waals surface area contributed by atoms with Gasteiger partial charge in [-0.3, -0.25) is 10.1 Å². The number of rotatable bonds is 1. The number of nitriles is 1. The molecule has 0 aromatic rings. The van der Waals surface area contributed by atoms with Crippen molar-refractivity contribution in [2.75, 3.05) is 0 Å². The third-order valence-electron chi connectivity index (χ3n) is 1.51. The summed E-state index contributed by atoms with van der Waals surface area (Å²) in [6.07, 6.45) is 3.06. The van der Waals surface area contributed by atoms with E-state index >= 15 is 0 Å². The largest absolute Gasteiger partial charge is 0.383 e. The molecule has 1 unspecified atom stereocenters. The number of hydrogen-bond donors (Lipinski definition) is 0. The molecule has 0 heterocycles. The average molecular weight is 168 g/mol. The Kier molecular flexibility index (Phi) is 1.92. The van der Waals surface area contributed by atoms with E-state index in [0.29, 0.717) is 0 Å². The van der Waals surface area contributed by atoms with Gasteiger partial charge in [-0.1, -0.05) is 6.08 Å². The van der Waals surface area contributed by atoms with Crippen LogP contribution in [0.25, 0.3) is 0 Å². The van der Waals surface area contributed by atoms with Gasteiger partial charge in [0.25, 0.3) is 0 Å². The lowest BCUT2D eigenvalue weighted by molar-refractivity contribution is -0.588. The molecule has 0 saturated carbocycles. The lowest BCUT2D eigenvalue weighted by atomic mass is 10.0. The van der Waals surface area contributed by atoms with Crippen LogP contribution in [0.4, 0.5) is 4.39 Å². The second kappa shape index (κ2) is 2.74. The summed E-state index contributed by atoms with van der Waals surface area (Å²) in [6, 6.07) is 1.64. The fourth-order valence-corrected chi connectivity index (χ4v) is 0.893. The fraction of sp³-hybridized carbons (Fsp3) is 0.286. The quantitative estimate of drug-likeness (QED) is 0.337. The van der Waals surface area contributed by atoms with Gasteiger partial charge in [0, 0.05) is 6.08 Å². The molecule has 0 fully saturated rings. The van der Waals surface area contributed by atoms with Gasteiger partial charge in [0.15, 0.2) is 0 Å². The summed E-state index contributed by atoms with van der Waals surface area (Å²) in [4.78, 5) is 9.15. The van der Waals surface area contributed by atoms with E-state index in [0.717, 1.165) is 6.08 Å². The normalized spacial score (nSPS) is 27.5.